The van der Waals surface area contributed by atoms with E-state index in [0.717, 1.165) is 39.2 Å². The average molecular weight is 426 g/mol. The molecule has 0 N–H and O–H groups in total. The number of thiophene rings is 1. The van der Waals surface area contributed by atoms with Gasteiger partial charge in [0.05, 0.1) is 23.1 Å². The van der Waals surface area contributed by atoms with Crippen LogP contribution in [0.4, 0.5) is 5.69 Å². The van der Waals surface area contributed by atoms with Crippen LogP contribution >= 0.6 is 23.1 Å². The third-order valence-corrected chi connectivity index (χ3v) is 6.18. The summed E-state index contributed by atoms with van der Waals surface area (Å²) in [4.78, 5) is 15.8. The number of anilines is 1. The molecule has 2 aromatic heterocycles. The maximum Gasteiger partial charge on any atom is 0.237 e. The molecule has 0 bridgehead atoms. The fraction of sp³-hybridized carbons (Fsp3) is 0.333. The van der Waals surface area contributed by atoms with E-state index in [9.17, 15) is 4.79 Å². The smallest absolute Gasteiger partial charge is 0.237 e. The number of aryl methyl sites for hydroxylation is 2. The van der Waals surface area contributed by atoms with Crippen molar-refractivity contribution in [3.05, 3.63) is 46.8 Å². The highest BCUT2D eigenvalue weighted by Gasteiger charge is 2.19. The Morgan fingerprint density at radius 3 is 2.66 bits per heavy atom. The summed E-state index contributed by atoms with van der Waals surface area (Å²) in [6.07, 6.45) is 0.289. The van der Waals surface area contributed by atoms with Crippen LogP contribution in [0, 0.1) is 25.2 Å². The molecule has 8 heteroatoms. The summed E-state index contributed by atoms with van der Waals surface area (Å²) >= 11 is 3.00. The first-order chi connectivity index (χ1) is 14.0. The minimum Gasteiger partial charge on any atom is -0.311 e. The number of nitriles is 1. The Hall–Kier alpha value is -2.63. The molecule has 1 amide bonds. The molecule has 0 radical (unpaired) electrons. The Kier molecular flexibility index (Phi) is 7.07. The van der Waals surface area contributed by atoms with Crippen LogP contribution in [0.1, 0.15) is 24.5 Å². The lowest BCUT2D eigenvalue weighted by Gasteiger charge is -2.22. The van der Waals surface area contributed by atoms with Crippen molar-refractivity contribution in [1.82, 2.24) is 14.8 Å². The zero-order valence-corrected chi connectivity index (χ0v) is 18.4. The lowest BCUT2D eigenvalue weighted by molar-refractivity contribution is -0.116. The molecule has 2 heterocycles. The van der Waals surface area contributed by atoms with Crippen LogP contribution in [0.15, 0.2) is 40.9 Å². The molecular weight excluding hydrogens is 402 g/mol. The second kappa shape index (κ2) is 9.72. The molecular formula is C21H23N5OS2. The number of aromatic nitrogens is 3. The van der Waals surface area contributed by atoms with Gasteiger partial charge in [0.15, 0.2) is 11.0 Å². The Bertz CT molecular complexity index is 1000. The van der Waals surface area contributed by atoms with Crippen LogP contribution in [-0.4, -0.2) is 33.0 Å². The van der Waals surface area contributed by atoms with Crippen LogP contribution in [0.2, 0.25) is 0 Å². The molecule has 0 spiro atoms. The number of rotatable bonds is 8. The van der Waals surface area contributed by atoms with Gasteiger partial charge in [-0.3, -0.25) is 4.79 Å². The van der Waals surface area contributed by atoms with E-state index in [1.165, 1.54) is 11.8 Å². The number of carbonyl (C=O) groups excluding carboxylic acids is 1. The standard InChI is InChI=1S/C21H23N5OS2/c1-4-25-20(18-7-5-10-28-18)23-24-21(25)29-14-19(27)26(9-6-8-22)17-12-15(2)11-16(3)13-17/h5,7,10-13H,4,6,9,14H2,1-3H3. The minimum atomic E-state index is -0.0430. The van der Waals surface area contributed by atoms with Crippen molar-refractivity contribution in [3.63, 3.8) is 0 Å². The van der Waals surface area contributed by atoms with Gasteiger partial charge in [0.2, 0.25) is 5.91 Å². The van der Waals surface area contributed by atoms with Crippen molar-refractivity contribution in [1.29, 1.82) is 5.26 Å². The number of thioether (sulfide) groups is 1. The van der Waals surface area contributed by atoms with Gasteiger partial charge in [-0.05, 0) is 55.5 Å². The average Bonchev–Trinajstić information content (AvgIpc) is 3.35. The third kappa shape index (κ3) is 5.05. The van der Waals surface area contributed by atoms with E-state index in [0.29, 0.717) is 6.54 Å². The lowest BCUT2D eigenvalue weighted by Crippen LogP contribution is -2.33. The minimum absolute atomic E-state index is 0.0430. The van der Waals surface area contributed by atoms with E-state index in [4.69, 9.17) is 5.26 Å². The predicted molar refractivity (Wildman–Crippen MR) is 118 cm³/mol. The van der Waals surface area contributed by atoms with E-state index in [2.05, 4.69) is 22.3 Å². The van der Waals surface area contributed by atoms with Crippen molar-refractivity contribution in [2.45, 2.75) is 38.9 Å². The highest BCUT2D eigenvalue weighted by Crippen LogP contribution is 2.28. The highest BCUT2D eigenvalue weighted by molar-refractivity contribution is 7.99. The molecule has 0 aliphatic heterocycles. The maximum absolute atomic E-state index is 13.0. The molecule has 29 heavy (non-hydrogen) atoms. The molecule has 150 valence electrons. The van der Waals surface area contributed by atoms with Gasteiger partial charge in [-0.2, -0.15) is 5.26 Å². The van der Waals surface area contributed by atoms with Gasteiger partial charge in [-0.1, -0.05) is 23.9 Å². The van der Waals surface area contributed by atoms with Crippen molar-refractivity contribution < 1.29 is 4.79 Å². The van der Waals surface area contributed by atoms with E-state index in [1.54, 1.807) is 16.2 Å². The molecule has 0 atom stereocenters. The molecule has 3 rings (SSSR count). The van der Waals surface area contributed by atoms with Gasteiger partial charge >= 0.3 is 0 Å². The number of carbonyl (C=O) groups is 1. The first-order valence-electron chi connectivity index (χ1n) is 9.39. The summed E-state index contributed by atoms with van der Waals surface area (Å²) in [6.45, 7) is 7.16. The molecule has 1 aromatic carbocycles. The van der Waals surface area contributed by atoms with Gasteiger partial charge < -0.3 is 9.47 Å². The van der Waals surface area contributed by atoms with E-state index in [-0.39, 0.29) is 18.1 Å². The summed E-state index contributed by atoms with van der Waals surface area (Å²) in [5.74, 6) is 1.02. The zero-order valence-electron chi connectivity index (χ0n) is 16.8. The summed E-state index contributed by atoms with van der Waals surface area (Å²) in [5.41, 5.74) is 3.02. The van der Waals surface area contributed by atoms with Gasteiger partial charge in [0, 0.05) is 18.8 Å². The quantitative estimate of drug-likeness (QED) is 0.490. The van der Waals surface area contributed by atoms with Crippen molar-refractivity contribution >= 4 is 34.7 Å². The van der Waals surface area contributed by atoms with Crippen molar-refractivity contribution in [2.75, 3.05) is 17.2 Å². The summed E-state index contributed by atoms with van der Waals surface area (Å²) < 4.78 is 2.03. The summed E-state index contributed by atoms with van der Waals surface area (Å²) in [7, 11) is 0. The van der Waals surface area contributed by atoms with Crippen LogP contribution in [-0.2, 0) is 11.3 Å². The van der Waals surface area contributed by atoms with E-state index in [1.807, 2.05) is 55.0 Å². The van der Waals surface area contributed by atoms with Gasteiger partial charge in [0.25, 0.3) is 0 Å². The number of benzene rings is 1. The molecule has 0 fully saturated rings. The van der Waals surface area contributed by atoms with Crippen LogP contribution in [0.5, 0.6) is 0 Å². The summed E-state index contributed by atoms with van der Waals surface area (Å²) in [6, 6.07) is 12.2. The molecule has 0 aliphatic carbocycles. The normalized spacial score (nSPS) is 10.7. The zero-order chi connectivity index (χ0) is 20.8. The number of amides is 1. The molecule has 6 nitrogen and oxygen atoms in total. The third-order valence-electron chi connectivity index (χ3n) is 4.37. The van der Waals surface area contributed by atoms with Gasteiger partial charge in [0.1, 0.15) is 0 Å². The molecule has 0 saturated carbocycles. The Morgan fingerprint density at radius 2 is 2.03 bits per heavy atom. The topological polar surface area (TPSA) is 74.8 Å². The molecule has 3 aromatic rings. The number of hydrogen-bond donors (Lipinski definition) is 0. The van der Waals surface area contributed by atoms with Gasteiger partial charge in [-0.25, -0.2) is 0 Å². The number of hydrogen-bond acceptors (Lipinski definition) is 6. The molecule has 0 aliphatic rings. The Labute approximate surface area is 179 Å². The second-order valence-electron chi connectivity index (χ2n) is 6.62. The molecule has 0 unspecified atom stereocenters. The summed E-state index contributed by atoms with van der Waals surface area (Å²) in [5, 5.41) is 20.4. The van der Waals surface area contributed by atoms with Crippen LogP contribution in [0.25, 0.3) is 10.7 Å². The Balaban J connectivity index is 1.78. The van der Waals surface area contributed by atoms with Gasteiger partial charge in [-0.15, -0.1) is 21.5 Å². The first kappa shape index (κ1) is 21.1. The largest absolute Gasteiger partial charge is 0.311 e. The maximum atomic E-state index is 13.0. The Morgan fingerprint density at radius 1 is 1.28 bits per heavy atom. The first-order valence-corrected chi connectivity index (χ1v) is 11.3. The van der Waals surface area contributed by atoms with Crippen molar-refractivity contribution in [3.8, 4) is 16.8 Å². The number of nitrogens with zero attached hydrogens (tertiary/aromatic N) is 5. The monoisotopic (exact) mass is 425 g/mol. The highest BCUT2D eigenvalue weighted by atomic mass is 32.2. The van der Waals surface area contributed by atoms with Crippen molar-refractivity contribution in [2.24, 2.45) is 0 Å². The predicted octanol–water partition coefficient (Wildman–Crippen LogP) is 4.68. The molecule has 0 saturated heterocycles. The lowest BCUT2D eigenvalue weighted by atomic mass is 10.1. The van der Waals surface area contributed by atoms with Crippen LogP contribution in [0.3, 0.4) is 0 Å². The fourth-order valence-corrected chi connectivity index (χ4v) is 4.73. The SMILES string of the molecule is CCn1c(SCC(=O)N(CCC#N)c2cc(C)cc(C)c2)nnc1-c1cccs1. The van der Waals surface area contributed by atoms with E-state index >= 15 is 0 Å². The van der Waals surface area contributed by atoms with E-state index < -0.39 is 0 Å². The fourth-order valence-electron chi connectivity index (χ4n) is 3.14. The van der Waals surface area contributed by atoms with Crippen LogP contribution < -0.4 is 4.90 Å². The second-order valence-corrected chi connectivity index (χ2v) is 8.51.